The predicted octanol–water partition coefficient (Wildman–Crippen LogP) is 2.78. The first-order valence-electron chi connectivity index (χ1n) is 6.55. The van der Waals surface area contributed by atoms with Gasteiger partial charge in [0.05, 0.1) is 10.7 Å². The molecule has 0 aliphatic heterocycles. The SMILES string of the molecule is Cc1nc(CN(C)CCNCCc2ccsc2)cs1. The summed E-state index contributed by atoms with van der Waals surface area (Å²) in [5.74, 6) is 0. The largest absolute Gasteiger partial charge is 0.315 e. The predicted molar refractivity (Wildman–Crippen MR) is 84.1 cm³/mol. The Bertz CT molecular complexity index is 465. The number of aromatic nitrogens is 1. The highest BCUT2D eigenvalue weighted by Gasteiger charge is 2.03. The van der Waals surface area contributed by atoms with Crippen molar-refractivity contribution in [3.8, 4) is 0 Å². The van der Waals surface area contributed by atoms with Gasteiger partial charge in [0, 0.05) is 25.0 Å². The Morgan fingerprint density at radius 1 is 1.32 bits per heavy atom. The summed E-state index contributed by atoms with van der Waals surface area (Å²) in [4.78, 5) is 6.80. The van der Waals surface area contributed by atoms with Crippen molar-refractivity contribution in [2.24, 2.45) is 0 Å². The van der Waals surface area contributed by atoms with E-state index in [2.05, 4.69) is 51.4 Å². The number of nitrogens with zero attached hydrogens (tertiary/aromatic N) is 2. The molecule has 104 valence electrons. The molecule has 2 heterocycles. The molecule has 0 fully saturated rings. The highest BCUT2D eigenvalue weighted by molar-refractivity contribution is 7.09. The Hall–Kier alpha value is -0.750. The number of thiophene rings is 1. The van der Waals surface area contributed by atoms with Gasteiger partial charge in [0.25, 0.3) is 0 Å². The topological polar surface area (TPSA) is 28.2 Å². The van der Waals surface area contributed by atoms with Crippen molar-refractivity contribution >= 4 is 22.7 Å². The highest BCUT2D eigenvalue weighted by atomic mass is 32.1. The molecule has 0 unspecified atom stereocenters. The molecule has 0 amide bonds. The molecule has 0 aliphatic rings. The van der Waals surface area contributed by atoms with E-state index >= 15 is 0 Å². The summed E-state index contributed by atoms with van der Waals surface area (Å²) in [6.45, 7) is 6.14. The van der Waals surface area contributed by atoms with Gasteiger partial charge in [-0.15, -0.1) is 11.3 Å². The Morgan fingerprint density at radius 2 is 2.21 bits per heavy atom. The minimum Gasteiger partial charge on any atom is -0.315 e. The van der Waals surface area contributed by atoms with Crippen LogP contribution in [0.25, 0.3) is 0 Å². The number of rotatable bonds is 8. The number of hydrogen-bond donors (Lipinski definition) is 1. The summed E-state index contributed by atoms with van der Waals surface area (Å²) < 4.78 is 0. The van der Waals surface area contributed by atoms with E-state index < -0.39 is 0 Å². The summed E-state index contributed by atoms with van der Waals surface area (Å²) in [6, 6.07) is 2.20. The fourth-order valence-electron chi connectivity index (χ4n) is 1.90. The molecule has 2 rings (SSSR count). The molecule has 0 atom stereocenters. The molecule has 0 saturated heterocycles. The lowest BCUT2D eigenvalue weighted by Crippen LogP contribution is -2.30. The molecule has 5 heteroatoms. The minimum absolute atomic E-state index is 0.941. The molecule has 1 N–H and O–H groups in total. The van der Waals surface area contributed by atoms with Gasteiger partial charge in [-0.3, -0.25) is 4.90 Å². The summed E-state index contributed by atoms with van der Waals surface area (Å²) >= 11 is 3.49. The molecule has 2 aromatic rings. The number of thiazole rings is 1. The average Bonchev–Trinajstić information content (AvgIpc) is 3.01. The fraction of sp³-hybridized carbons (Fsp3) is 0.500. The summed E-state index contributed by atoms with van der Waals surface area (Å²) in [7, 11) is 2.15. The summed E-state index contributed by atoms with van der Waals surface area (Å²) in [5.41, 5.74) is 2.62. The second-order valence-corrected chi connectivity index (χ2v) is 6.57. The molecule has 2 aromatic heterocycles. The van der Waals surface area contributed by atoms with Crippen LogP contribution in [0.3, 0.4) is 0 Å². The normalized spacial score (nSPS) is 11.3. The van der Waals surface area contributed by atoms with E-state index in [0.717, 1.165) is 37.6 Å². The Balaban J connectivity index is 1.55. The van der Waals surface area contributed by atoms with Crippen LogP contribution in [0.4, 0.5) is 0 Å². The maximum Gasteiger partial charge on any atom is 0.0897 e. The molecule has 0 aliphatic carbocycles. The van der Waals surface area contributed by atoms with Crippen LogP contribution in [0.15, 0.2) is 22.2 Å². The molecule has 0 saturated carbocycles. The zero-order valence-corrected chi connectivity index (χ0v) is 13.2. The first-order valence-corrected chi connectivity index (χ1v) is 8.37. The van der Waals surface area contributed by atoms with Crippen LogP contribution in [0.1, 0.15) is 16.3 Å². The fourth-order valence-corrected chi connectivity index (χ4v) is 3.21. The summed E-state index contributed by atoms with van der Waals surface area (Å²) in [6.07, 6.45) is 1.12. The number of aryl methyl sites for hydroxylation is 1. The van der Waals surface area contributed by atoms with Gasteiger partial charge in [0.2, 0.25) is 0 Å². The van der Waals surface area contributed by atoms with Crippen LogP contribution in [0.5, 0.6) is 0 Å². The zero-order valence-electron chi connectivity index (χ0n) is 11.6. The van der Waals surface area contributed by atoms with E-state index in [9.17, 15) is 0 Å². The molecule has 0 radical (unpaired) electrons. The Labute approximate surface area is 123 Å². The lowest BCUT2D eigenvalue weighted by Gasteiger charge is -2.15. The van der Waals surface area contributed by atoms with Crippen LogP contribution in [-0.2, 0) is 13.0 Å². The maximum absolute atomic E-state index is 4.49. The molecule has 0 bridgehead atoms. The van der Waals surface area contributed by atoms with Gasteiger partial charge in [-0.2, -0.15) is 11.3 Å². The van der Waals surface area contributed by atoms with Gasteiger partial charge in [0.15, 0.2) is 0 Å². The third-order valence-electron chi connectivity index (χ3n) is 2.94. The van der Waals surface area contributed by atoms with Crippen LogP contribution in [0, 0.1) is 6.92 Å². The zero-order chi connectivity index (χ0) is 13.5. The van der Waals surface area contributed by atoms with Crippen molar-refractivity contribution in [1.29, 1.82) is 0 Å². The monoisotopic (exact) mass is 295 g/mol. The standard InChI is InChI=1S/C14H21N3S2/c1-12-16-14(11-19-12)9-17(2)7-6-15-5-3-13-4-8-18-10-13/h4,8,10-11,15H,3,5-7,9H2,1-2H3. The van der Waals surface area contributed by atoms with Crippen molar-refractivity contribution in [2.45, 2.75) is 19.9 Å². The average molecular weight is 295 g/mol. The van der Waals surface area contributed by atoms with E-state index in [1.165, 1.54) is 11.3 Å². The van der Waals surface area contributed by atoms with E-state index in [-0.39, 0.29) is 0 Å². The van der Waals surface area contributed by atoms with E-state index in [4.69, 9.17) is 0 Å². The van der Waals surface area contributed by atoms with Gasteiger partial charge >= 0.3 is 0 Å². The second-order valence-electron chi connectivity index (χ2n) is 4.73. The number of hydrogen-bond acceptors (Lipinski definition) is 5. The molecule has 0 spiro atoms. The molecular weight excluding hydrogens is 274 g/mol. The number of nitrogens with one attached hydrogen (secondary N) is 1. The molecule has 19 heavy (non-hydrogen) atoms. The van der Waals surface area contributed by atoms with Crippen molar-refractivity contribution in [3.05, 3.63) is 38.5 Å². The molecule has 3 nitrogen and oxygen atoms in total. The lowest BCUT2D eigenvalue weighted by atomic mass is 10.2. The first kappa shape index (κ1) is 14.7. The molecule has 0 aromatic carbocycles. The van der Waals surface area contributed by atoms with E-state index in [0.29, 0.717) is 0 Å². The van der Waals surface area contributed by atoms with Gasteiger partial charge in [0.1, 0.15) is 0 Å². The third-order valence-corrected chi connectivity index (χ3v) is 4.49. The first-order chi connectivity index (χ1) is 9.24. The third kappa shape index (κ3) is 5.40. The highest BCUT2D eigenvalue weighted by Crippen LogP contribution is 2.09. The van der Waals surface area contributed by atoms with Gasteiger partial charge in [-0.25, -0.2) is 4.98 Å². The van der Waals surface area contributed by atoms with Gasteiger partial charge < -0.3 is 5.32 Å². The van der Waals surface area contributed by atoms with Crippen LogP contribution < -0.4 is 5.32 Å². The van der Waals surface area contributed by atoms with Crippen LogP contribution >= 0.6 is 22.7 Å². The lowest BCUT2D eigenvalue weighted by molar-refractivity contribution is 0.321. The quantitative estimate of drug-likeness (QED) is 0.759. The Morgan fingerprint density at radius 3 is 2.89 bits per heavy atom. The van der Waals surface area contributed by atoms with E-state index in [1.54, 1.807) is 22.7 Å². The van der Waals surface area contributed by atoms with Crippen LogP contribution in [-0.4, -0.2) is 36.6 Å². The Kier molecular flexibility index (Phi) is 5.97. The van der Waals surface area contributed by atoms with Crippen LogP contribution in [0.2, 0.25) is 0 Å². The van der Waals surface area contributed by atoms with Gasteiger partial charge in [-0.05, 0) is 49.3 Å². The van der Waals surface area contributed by atoms with Crippen molar-refractivity contribution in [3.63, 3.8) is 0 Å². The van der Waals surface area contributed by atoms with E-state index in [1.807, 2.05) is 0 Å². The second kappa shape index (κ2) is 7.75. The van der Waals surface area contributed by atoms with Crippen molar-refractivity contribution in [1.82, 2.24) is 15.2 Å². The van der Waals surface area contributed by atoms with Crippen molar-refractivity contribution < 1.29 is 0 Å². The number of likely N-dealkylation sites (N-methyl/N-ethyl adjacent to an activating group) is 1. The molecular formula is C14H21N3S2. The summed E-state index contributed by atoms with van der Waals surface area (Å²) in [5, 5.41) is 11.1. The van der Waals surface area contributed by atoms with Crippen molar-refractivity contribution in [2.75, 3.05) is 26.7 Å². The van der Waals surface area contributed by atoms with Gasteiger partial charge in [-0.1, -0.05) is 0 Å². The smallest absolute Gasteiger partial charge is 0.0897 e. The maximum atomic E-state index is 4.49. The minimum atomic E-state index is 0.941.